The minimum absolute atomic E-state index is 0.159. The Morgan fingerprint density at radius 3 is 2.26 bits per heavy atom. The SMILES string of the molecule is O=C(O)c1ccc(CNC(=O)c2[nH]c3cc(Cl)ccc3c2-c2c(-c3ccc(F)cc3)ncn2Cc2ccc(Cl)cc2)cc1. The highest BCUT2D eigenvalue weighted by atomic mass is 35.5. The predicted octanol–water partition coefficient (Wildman–Crippen LogP) is 7.82. The molecule has 0 bridgehead atoms. The molecular weight excluding hydrogens is 590 g/mol. The standard InChI is InChI=1S/C33H23Cl2FN4O3/c34-23-9-3-20(4-10-23)17-40-18-38-29(21-7-12-25(36)13-8-21)31(40)28-26-14-11-24(35)15-27(26)39-30(28)32(41)37-16-19-1-5-22(6-2-19)33(42)43/h1-15,18,39H,16-17H2,(H,37,41)(H,42,43). The molecule has 2 heterocycles. The van der Waals surface area contributed by atoms with Crippen LogP contribution in [-0.4, -0.2) is 31.5 Å². The Morgan fingerprint density at radius 2 is 1.56 bits per heavy atom. The number of halogens is 3. The molecule has 0 aliphatic carbocycles. The summed E-state index contributed by atoms with van der Waals surface area (Å²) in [6.45, 7) is 0.598. The average molecular weight is 613 g/mol. The number of carboxylic acid groups (broad SMARTS) is 1. The molecule has 7 nitrogen and oxygen atoms in total. The molecule has 0 unspecified atom stereocenters. The van der Waals surface area contributed by atoms with Crippen molar-refractivity contribution in [2.75, 3.05) is 0 Å². The molecule has 0 saturated heterocycles. The molecule has 43 heavy (non-hydrogen) atoms. The molecule has 1 amide bonds. The summed E-state index contributed by atoms with van der Waals surface area (Å²) in [7, 11) is 0. The Bertz CT molecular complexity index is 1970. The van der Waals surface area contributed by atoms with E-state index < -0.39 is 5.97 Å². The molecule has 6 rings (SSSR count). The second-order valence-corrected chi connectivity index (χ2v) is 10.8. The fourth-order valence-corrected chi connectivity index (χ4v) is 5.29. The Kier molecular flexibility index (Phi) is 7.71. The topological polar surface area (TPSA) is 100 Å². The number of carbonyl (C=O) groups is 2. The third kappa shape index (κ3) is 5.88. The number of H-pyrrole nitrogens is 1. The largest absolute Gasteiger partial charge is 0.478 e. The van der Waals surface area contributed by atoms with Gasteiger partial charge in [0.2, 0.25) is 0 Å². The van der Waals surface area contributed by atoms with E-state index >= 15 is 0 Å². The molecule has 0 fully saturated rings. The molecule has 2 aromatic heterocycles. The molecule has 4 aromatic carbocycles. The van der Waals surface area contributed by atoms with E-state index in [1.54, 1.807) is 42.7 Å². The molecular formula is C33H23Cl2FN4O3. The molecule has 0 aliphatic heterocycles. The number of aromatic amines is 1. The Morgan fingerprint density at radius 1 is 0.884 bits per heavy atom. The fraction of sp³-hybridized carbons (Fsp3) is 0.0606. The van der Waals surface area contributed by atoms with Gasteiger partial charge in [0.05, 0.1) is 23.3 Å². The van der Waals surface area contributed by atoms with Gasteiger partial charge in [0.25, 0.3) is 5.91 Å². The highest BCUT2D eigenvalue weighted by molar-refractivity contribution is 6.31. The van der Waals surface area contributed by atoms with E-state index in [1.165, 1.54) is 24.3 Å². The Hall–Kier alpha value is -4.92. The van der Waals surface area contributed by atoms with E-state index in [1.807, 2.05) is 34.9 Å². The summed E-state index contributed by atoms with van der Waals surface area (Å²) in [5.74, 6) is -1.78. The first kappa shape index (κ1) is 28.2. The van der Waals surface area contributed by atoms with Crippen molar-refractivity contribution < 1.29 is 19.1 Å². The summed E-state index contributed by atoms with van der Waals surface area (Å²) in [5, 5.41) is 14.0. The van der Waals surface area contributed by atoms with Gasteiger partial charge in [-0.3, -0.25) is 4.79 Å². The minimum Gasteiger partial charge on any atom is -0.478 e. The van der Waals surface area contributed by atoms with Crippen molar-refractivity contribution in [1.29, 1.82) is 0 Å². The number of rotatable bonds is 8. The second kappa shape index (κ2) is 11.8. The molecule has 10 heteroatoms. The van der Waals surface area contributed by atoms with Gasteiger partial charge < -0.3 is 20.0 Å². The van der Waals surface area contributed by atoms with Crippen molar-refractivity contribution >= 4 is 46.0 Å². The van der Waals surface area contributed by atoms with Gasteiger partial charge in [-0.1, -0.05) is 53.5 Å². The maximum Gasteiger partial charge on any atom is 0.335 e. The molecule has 6 aromatic rings. The second-order valence-electron chi connectivity index (χ2n) is 9.95. The normalized spacial score (nSPS) is 11.1. The van der Waals surface area contributed by atoms with Crippen molar-refractivity contribution in [3.8, 4) is 22.5 Å². The summed E-state index contributed by atoms with van der Waals surface area (Å²) >= 11 is 12.4. The minimum atomic E-state index is -1.02. The number of carboxylic acids is 1. The molecule has 0 spiro atoms. The maximum absolute atomic E-state index is 13.9. The number of nitrogens with zero attached hydrogens (tertiary/aromatic N) is 2. The quantitative estimate of drug-likeness (QED) is 0.163. The fourth-order valence-electron chi connectivity index (χ4n) is 4.99. The smallest absolute Gasteiger partial charge is 0.335 e. The van der Waals surface area contributed by atoms with Gasteiger partial charge in [-0.05, 0) is 71.8 Å². The molecule has 0 radical (unpaired) electrons. The predicted molar refractivity (Wildman–Crippen MR) is 165 cm³/mol. The Labute approximate surface area is 255 Å². The van der Waals surface area contributed by atoms with Crippen molar-refractivity contribution in [1.82, 2.24) is 19.9 Å². The lowest BCUT2D eigenvalue weighted by molar-refractivity contribution is 0.0696. The number of carbonyl (C=O) groups excluding carboxylic acids is 1. The van der Waals surface area contributed by atoms with Crippen LogP contribution in [0, 0.1) is 5.82 Å². The number of fused-ring (bicyclic) bond motifs is 1. The molecule has 3 N–H and O–H groups in total. The van der Waals surface area contributed by atoms with Gasteiger partial charge in [-0.25, -0.2) is 14.2 Å². The van der Waals surface area contributed by atoms with E-state index in [2.05, 4.69) is 10.3 Å². The third-order valence-corrected chi connectivity index (χ3v) is 7.59. The summed E-state index contributed by atoms with van der Waals surface area (Å²) in [4.78, 5) is 33.0. The van der Waals surface area contributed by atoms with E-state index in [0.29, 0.717) is 50.3 Å². The van der Waals surface area contributed by atoms with Crippen molar-refractivity contribution in [3.05, 3.63) is 136 Å². The van der Waals surface area contributed by atoms with E-state index in [-0.39, 0.29) is 23.8 Å². The first-order valence-corrected chi connectivity index (χ1v) is 14.0. The van der Waals surface area contributed by atoms with Crippen LogP contribution in [0.4, 0.5) is 4.39 Å². The third-order valence-electron chi connectivity index (χ3n) is 7.10. The zero-order chi connectivity index (χ0) is 30.1. The van der Waals surface area contributed by atoms with Crippen molar-refractivity contribution in [3.63, 3.8) is 0 Å². The lowest BCUT2D eigenvalue weighted by atomic mass is 10.0. The molecule has 214 valence electrons. The maximum atomic E-state index is 13.9. The van der Waals surface area contributed by atoms with Crippen LogP contribution in [0.5, 0.6) is 0 Å². The molecule has 0 aliphatic rings. The van der Waals surface area contributed by atoms with Crippen LogP contribution in [0.2, 0.25) is 10.0 Å². The summed E-state index contributed by atoms with van der Waals surface area (Å²) in [6.07, 6.45) is 1.70. The van der Waals surface area contributed by atoms with Gasteiger partial charge in [0, 0.05) is 45.2 Å². The number of benzene rings is 4. The first-order valence-electron chi connectivity index (χ1n) is 13.2. The van der Waals surface area contributed by atoms with Crippen LogP contribution in [0.3, 0.4) is 0 Å². The number of aromatic nitrogens is 3. The number of imidazole rings is 1. The van der Waals surface area contributed by atoms with E-state index in [4.69, 9.17) is 28.2 Å². The number of aromatic carboxylic acids is 1. The van der Waals surface area contributed by atoms with E-state index in [0.717, 1.165) is 16.5 Å². The first-order chi connectivity index (χ1) is 20.8. The summed E-state index contributed by atoms with van der Waals surface area (Å²) < 4.78 is 15.8. The Balaban J connectivity index is 1.47. The van der Waals surface area contributed by atoms with Gasteiger partial charge in [-0.15, -0.1) is 0 Å². The highest BCUT2D eigenvalue weighted by Gasteiger charge is 2.26. The number of hydrogen-bond acceptors (Lipinski definition) is 3. The van der Waals surface area contributed by atoms with Crippen LogP contribution in [0.25, 0.3) is 33.4 Å². The van der Waals surface area contributed by atoms with Crippen molar-refractivity contribution in [2.45, 2.75) is 13.1 Å². The summed E-state index contributed by atoms with van der Waals surface area (Å²) in [5.41, 5.74) is 5.33. The number of amides is 1. The highest BCUT2D eigenvalue weighted by Crippen LogP contribution is 2.39. The number of hydrogen-bond donors (Lipinski definition) is 3. The van der Waals surface area contributed by atoms with Crippen LogP contribution < -0.4 is 5.32 Å². The van der Waals surface area contributed by atoms with Crippen LogP contribution in [-0.2, 0) is 13.1 Å². The number of nitrogens with one attached hydrogen (secondary N) is 2. The monoisotopic (exact) mass is 612 g/mol. The average Bonchev–Trinajstić information content (AvgIpc) is 3.58. The lowest BCUT2D eigenvalue weighted by Crippen LogP contribution is -2.24. The van der Waals surface area contributed by atoms with E-state index in [9.17, 15) is 19.1 Å². The van der Waals surface area contributed by atoms with Crippen molar-refractivity contribution in [2.24, 2.45) is 0 Å². The zero-order valence-corrected chi connectivity index (χ0v) is 24.0. The molecule has 0 atom stereocenters. The molecule has 0 saturated carbocycles. The van der Waals surface area contributed by atoms with Crippen LogP contribution in [0.15, 0.2) is 97.3 Å². The van der Waals surface area contributed by atoms with Gasteiger partial charge >= 0.3 is 5.97 Å². The van der Waals surface area contributed by atoms with Crippen LogP contribution in [0.1, 0.15) is 32.0 Å². The lowest BCUT2D eigenvalue weighted by Gasteiger charge is -2.13. The van der Waals surface area contributed by atoms with Gasteiger partial charge in [0.15, 0.2) is 0 Å². The van der Waals surface area contributed by atoms with Gasteiger partial charge in [0.1, 0.15) is 11.5 Å². The van der Waals surface area contributed by atoms with Crippen LogP contribution >= 0.6 is 23.2 Å². The van der Waals surface area contributed by atoms with Gasteiger partial charge in [-0.2, -0.15) is 0 Å². The summed E-state index contributed by atoms with van der Waals surface area (Å²) in [6, 6.07) is 25.1. The zero-order valence-electron chi connectivity index (χ0n) is 22.4.